The maximum absolute atomic E-state index is 13.4. The standard InChI is InChI=1S/C14H7BrClFN2O2/c15-10-5-8(17)4-9-12(10)19(14(21)13(9)20)6-7-1-2-18-11(16)3-7/h1-5H,6H2. The van der Waals surface area contributed by atoms with Crippen molar-refractivity contribution >= 4 is 44.9 Å². The number of carbonyl (C=O) groups is 2. The first-order chi connectivity index (χ1) is 9.97. The van der Waals surface area contributed by atoms with Crippen LogP contribution < -0.4 is 4.90 Å². The lowest BCUT2D eigenvalue weighted by atomic mass is 10.1. The van der Waals surface area contributed by atoms with Crippen LogP contribution in [-0.2, 0) is 11.3 Å². The second kappa shape index (κ2) is 5.20. The van der Waals surface area contributed by atoms with Gasteiger partial charge in [-0.3, -0.25) is 14.5 Å². The van der Waals surface area contributed by atoms with Gasteiger partial charge in [0.1, 0.15) is 11.0 Å². The lowest BCUT2D eigenvalue weighted by Crippen LogP contribution is -2.29. The van der Waals surface area contributed by atoms with Gasteiger partial charge in [0.25, 0.3) is 11.7 Å². The molecule has 0 spiro atoms. The van der Waals surface area contributed by atoms with E-state index >= 15 is 0 Å². The van der Waals surface area contributed by atoms with Crippen LogP contribution in [0.25, 0.3) is 0 Å². The van der Waals surface area contributed by atoms with Crippen molar-refractivity contribution in [2.75, 3.05) is 4.90 Å². The summed E-state index contributed by atoms with van der Waals surface area (Å²) in [6.07, 6.45) is 1.51. The third-order valence-corrected chi connectivity index (χ3v) is 3.92. The minimum absolute atomic E-state index is 0.0621. The number of fused-ring (bicyclic) bond motifs is 1. The van der Waals surface area contributed by atoms with E-state index in [1.807, 2.05) is 0 Å². The maximum atomic E-state index is 13.4. The van der Waals surface area contributed by atoms with E-state index in [4.69, 9.17) is 11.6 Å². The fourth-order valence-electron chi connectivity index (χ4n) is 2.23. The minimum Gasteiger partial charge on any atom is -0.299 e. The van der Waals surface area contributed by atoms with Crippen LogP contribution in [0.3, 0.4) is 0 Å². The van der Waals surface area contributed by atoms with E-state index in [0.29, 0.717) is 15.3 Å². The molecule has 1 aliphatic rings. The van der Waals surface area contributed by atoms with Gasteiger partial charge in [-0.25, -0.2) is 9.37 Å². The van der Waals surface area contributed by atoms with Crippen LogP contribution >= 0.6 is 27.5 Å². The number of amides is 1. The van der Waals surface area contributed by atoms with E-state index in [2.05, 4.69) is 20.9 Å². The Balaban J connectivity index is 2.05. The fourth-order valence-corrected chi connectivity index (χ4v) is 3.07. The number of Topliss-reactive ketones (excluding diaryl/α,β-unsaturated/α-hetero) is 1. The van der Waals surface area contributed by atoms with Crippen molar-refractivity contribution < 1.29 is 14.0 Å². The lowest BCUT2D eigenvalue weighted by Gasteiger charge is -2.18. The van der Waals surface area contributed by atoms with Crippen LogP contribution in [0.5, 0.6) is 0 Å². The van der Waals surface area contributed by atoms with E-state index in [1.54, 1.807) is 12.1 Å². The second-order valence-corrected chi connectivity index (χ2v) is 5.73. The van der Waals surface area contributed by atoms with Gasteiger partial charge in [-0.15, -0.1) is 0 Å². The van der Waals surface area contributed by atoms with Crippen LogP contribution in [0.15, 0.2) is 34.9 Å². The van der Waals surface area contributed by atoms with Crippen molar-refractivity contribution in [2.45, 2.75) is 6.54 Å². The van der Waals surface area contributed by atoms with Crippen LogP contribution in [0, 0.1) is 5.82 Å². The molecule has 4 nitrogen and oxygen atoms in total. The molecule has 1 aromatic heterocycles. The molecule has 0 aliphatic carbocycles. The number of aromatic nitrogens is 1. The molecule has 0 saturated heterocycles. The van der Waals surface area contributed by atoms with Crippen LogP contribution in [-0.4, -0.2) is 16.7 Å². The predicted octanol–water partition coefficient (Wildman–Crippen LogP) is 3.37. The molecule has 21 heavy (non-hydrogen) atoms. The lowest BCUT2D eigenvalue weighted by molar-refractivity contribution is -0.114. The molecule has 0 N–H and O–H groups in total. The van der Waals surface area contributed by atoms with E-state index in [1.165, 1.54) is 17.2 Å². The molecular weight excluding hydrogens is 363 g/mol. The monoisotopic (exact) mass is 368 g/mol. The van der Waals surface area contributed by atoms with Gasteiger partial charge in [0.2, 0.25) is 0 Å². The van der Waals surface area contributed by atoms with Gasteiger partial charge in [0, 0.05) is 10.7 Å². The summed E-state index contributed by atoms with van der Waals surface area (Å²) in [5.74, 6) is -1.98. The quantitative estimate of drug-likeness (QED) is 0.602. The predicted molar refractivity (Wildman–Crippen MR) is 78.9 cm³/mol. The second-order valence-electron chi connectivity index (χ2n) is 4.49. The summed E-state index contributed by atoms with van der Waals surface area (Å²) >= 11 is 9.00. The number of hydrogen-bond donors (Lipinski definition) is 0. The Morgan fingerprint density at radius 3 is 2.76 bits per heavy atom. The first kappa shape index (κ1) is 14.2. The molecule has 2 heterocycles. The Morgan fingerprint density at radius 2 is 2.05 bits per heavy atom. The summed E-state index contributed by atoms with van der Waals surface area (Å²) in [6.45, 7) is 0.157. The van der Waals surface area contributed by atoms with Gasteiger partial charge in [-0.05, 0) is 45.8 Å². The first-order valence-electron chi connectivity index (χ1n) is 5.93. The molecule has 1 aliphatic heterocycles. The number of benzene rings is 1. The fraction of sp³-hybridized carbons (Fsp3) is 0.0714. The molecule has 106 valence electrons. The van der Waals surface area contributed by atoms with E-state index < -0.39 is 17.5 Å². The molecule has 0 radical (unpaired) electrons. The summed E-state index contributed by atoms with van der Waals surface area (Å²) in [6, 6.07) is 5.59. The summed E-state index contributed by atoms with van der Waals surface area (Å²) in [5, 5.41) is 0.295. The van der Waals surface area contributed by atoms with E-state index in [9.17, 15) is 14.0 Å². The summed E-state index contributed by atoms with van der Waals surface area (Å²) < 4.78 is 13.8. The van der Waals surface area contributed by atoms with Gasteiger partial charge >= 0.3 is 0 Å². The third-order valence-electron chi connectivity index (χ3n) is 3.11. The van der Waals surface area contributed by atoms with Gasteiger partial charge in [-0.1, -0.05) is 11.6 Å². The van der Waals surface area contributed by atoms with Crippen molar-refractivity contribution in [1.82, 2.24) is 4.98 Å². The molecular formula is C14H7BrClFN2O2. The molecule has 0 saturated carbocycles. The van der Waals surface area contributed by atoms with Crippen molar-refractivity contribution in [3.8, 4) is 0 Å². The zero-order valence-electron chi connectivity index (χ0n) is 10.4. The number of rotatable bonds is 2. The first-order valence-corrected chi connectivity index (χ1v) is 7.10. The summed E-state index contributed by atoms with van der Waals surface area (Å²) in [7, 11) is 0. The zero-order valence-corrected chi connectivity index (χ0v) is 12.8. The van der Waals surface area contributed by atoms with Gasteiger partial charge < -0.3 is 0 Å². The van der Waals surface area contributed by atoms with Crippen molar-refractivity contribution in [2.24, 2.45) is 0 Å². The average molecular weight is 370 g/mol. The number of ketones is 1. The molecule has 2 aromatic rings. The summed E-state index contributed by atoms with van der Waals surface area (Å²) in [4.78, 5) is 29.2. The molecule has 0 fully saturated rings. The zero-order chi connectivity index (χ0) is 15.1. The molecule has 0 bridgehead atoms. The highest BCUT2D eigenvalue weighted by Crippen LogP contribution is 2.37. The molecule has 1 amide bonds. The number of hydrogen-bond acceptors (Lipinski definition) is 3. The highest BCUT2D eigenvalue weighted by atomic mass is 79.9. The van der Waals surface area contributed by atoms with Crippen LogP contribution in [0.2, 0.25) is 5.15 Å². The molecule has 7 heteroatoms. The number of anilines is 1. The maximum Gasteiger partial charge on any atom is 0.299 e. The Bertz CT molecular complexity index is 782. The molecule has 1 aromatic carbocycles. The number of nitrogens with zero attached hydrogens (tertiary/aromatic N) is 2. The molecule has 0 unspecified atom stereocenters. The smallest absolute Gasteiger partial charge is 0.299 e. The Labute approximate surface area is 132 Å². The topological polar surface area (TPSA) is 50.3 Å². The average Bonchev–Trinajstić information content (AvgIpc) is 2.64. The largest absolute Gasteiger partial charge is 0.299 e. The highest BCUT2D eigenvalue weighted by molar-refractivity contribution is 9.10. The Hall–Kier alpha value is -1.79. The molecule has 0 atom stereocenters. The number of pyridine rings is 1. The summed E-state index contributed by atoms with van der Waals surface area (Å²) in [5.41, 5.74) is 1.16. The van der Waals surface area contributed by atoms with Gasteiger partial charge in [-0.2, -0.15) is 0 Å². The van der Waals surface area contributed by atoms with Crippen LogP contribution in [0.4, 0.5) is 10.1 Å². The number of carbonyl (C=O) groups excluding carboxylic acids is 2. The third kappa shape index (κ3) is 2.45. The van der Waals surface area contributed by atoms with Gasteiger partial charge in [0.15, 0.2) is 0 Å². The Kier molecular flexibility index (Phi) is 3.51. The van der Waals surface area contributed by atoms with Crippen molar-refractivity contribution in [3.05, 3.63) is 57.0 Å². The normalized spacial score (nSPS) is 13.8. The Morgan fingerprint density at radius 1 is 1.29 bits per heavy atom. The van der Waals surface area contributed by atoms with E-state index in [0.717, 1.165) is 11.6 Å². The minimum atomic E-state index is -0.717. The molecule has 3 rings (SSSR count). The SMILES string of the molecule is O=C1C(=O)N(Cc2ccnc(Cl)c2)c2c(Br)cc(F)cc21. The van der Waals surface area contributed by atoms with Crippen molar-refractivity contribution in [1.29, 1.82) is 0 Å². The van der Waals surface area contributed by atoms with Crippen molar-refractivity contribution in [3.63, 3.8) is 0 Å². The van der Waals surface area contributed by atoms with Crippen LogP contribution in [0.1, 0.15) is 15.9 Å². The number of halogens is 3. The van der Waals surface area contributed by atoms with Gasteiger partial charge in [0.05, 0.1) is 17.8 Å². The highest BCUT2D eigenvalue weighted by Gasteiger charge is 2.37. The van der Waals surface area contributed by atoms with E-state index in [-0.39, 0.29) is 12.1 Å².